The van der Waals surface area contributed by atoms with Crippen LogP contribution in [-0.2, 0) is 16.1 Å². The molecule has 1 aromatic rings. The molecule has 2 amide bonds. The van der Waals surface area contributed by atoms with Crippen LogP contribution < -0.4 is 16.4 Å². The largest absolute Gasteiger partial charge is 0.445 e. The summed E-state index contributed by atoms with van der Waals surface area (Å²) in [5.74, 6) is -0.307. The Morgan fingerprint density at radius 1 is 1.12 bits per heavy atom. The zero-order valence-electron chi connectivity index (χ0n) is 15.2. The predicted octanol–water partition coefficient (Wildman–Crippen LogP) is 2.18. The van der Waals surface area contributed by atoms with Gasteiger partial charge in [-0.1, -0.05) is 51.1 Å². The lowest BCUT2D eigenvalue weighted by molar-refractivity contribution is -0.126. The highest BCUT2D eigenvalue weighted by atomic mass is 16.5. The molecule has 0 heterocycles. The van der Waals surface area contributed by atoms with Crippen LogP contribution in [0.1, 0.15) is 40.2 Å². The van der Waals surface area contributed by atoms with Gasteiger partial charge in [0.1, 0.15) is 12.1 Å². The number of amides is 2. The molecule has 0 saturated heterocycles. The van der Waals surface area contributed by atoms with Crippen molar-refractivity contribution < 1.29 is 14.3 Å². The molecule has 6 nitrogen and oxygen atoms in total. The molecule has 0 aliphatic rings. The maximum Gasteiger partial charge on any atom is 0.408 e. The Balaban J connectivity index is 2.46. The van der Waals surface area contributed by atoms with Crippen LogP contribution in [0.15, 0.2) is 30.3 Å². The number of rotatable bonds is 6. The highest BCUT2D eigenvalue weighted by molar-refractivity contribution is 5.89. The zero-order valence-corrected chi connectivity index (χ0v) is 15.2. The molecule has 1 unspecified atom stereocenters. The van der Waals surface area contributed by atoms with Gasteiger partial charge in [0, 0.05) is 12.6 Å². The highest BCUT2D eigenvalue weighted by Gasteiger charge is 2.31. The third-order valence-corrected chi connectivity index (χ3v) is 3.79. The van der Waals surface area contributed by atoms with E-state index in [9.17, 15) is 9.59 Å². The van der Waals surface area contributed by atoms with Gasteiger partial charge in [-0.3, -0.25) is 4.79 Å². The Bertz CT molecular complexity index is 550. The van der Waals surface area contributed by atoms with E-state index >= 15 is 0 Å². The molecular weight excluding hydrogens is 306 g/mol. The van der Waals surface area contributed by atoms with Crippen molar-refractivity contribution in [3.05, 3.63) is 35.9 Å². The van der Waals surface area contributed by atoms with Crippen LogP contribution in [-0.4, -0.2) is 30.1 Å². The number of alkyl carbamates (subject to hydrolysis) is 1. The molecule has 0 spiro atoms. The second-order valence-corrected chi connectivity index (χ2v) is 7.49. The number of hydrogen-bond donors (Lipinski definition) is 3. The Morgan fingerprint density at radius 2 is 1.71 bits per heavy atom. The average Bonchev–Trinajstić information content (AvgIpc) is 2.49. The predicted molar refractivity (Wildman–Crippen MR) is 94.3 cm³/mol. The molecule has 0 aromatic heterocycles. The fraction of sp³-hybridized carbons (Fsp3) is 0.556. The zero-order chi connectivity index (χ0) is 18.4. The lowest BCUT2D eigenvalue weighted by atomic mass is 9.87. The van der Waals surface area contributed by atoms with E-state index < -0.39 is 11.6 Å². The maximum absolute atomic E-state index is 12.3. The lowest BCUT2D eigenvalue weighted by Gasteiger charge is -2.30. The number of hydrogen-bond acceptors (Lipinski definition) is 4. The summed E-state index contributed by atoms with van der Waals surface area (Å²) in [7, 11) is 0. The van der Waals surface area contributed by atoms with E-state index in [1.807, 2.05) is 51.1 Å². The van der Waals surface area contributed by atoms with Gasteiger partial charge in [-0.05, 0) is 24.8 Å². The molecule has 0 aliphatic carbocycles. The SMILES string of the molecule is CC(C)(NC(=O)OCc1ccccc1)C(=O)NCC(N)C(C)(C)C. The second-order valence-electron chi connectivity index (χ2n) is 7.49. The number of carbonyl (C=O) groups excluding carboxylic acids is 2. The number of nitrogens with two attached hydrogens (primary N) is 1. The van der Waals surface area contributed by atoms with Crippen molar-refractivity contribution in [2.24, 2.45) is 11.1 Å². The van der Waals surface area contributed by atoms with Crippen LogP contribution in [0.3, 0.4) is 0 Å². The quantitative estimate of drug-likeness (QED) is 0.743. The van der Waals surface area contributed by atoms with Gasteiger partial charge >= 0.3 is 6.09 Å². The van der Waals surface area contributed by atoms with Crippen LogP contribution in [0.2, 0.25) is 0 Å². The summed E-state index contributed by atoms with van der Waals surface area (Å²) in [6, 6.07) is 9.17. The summed E-state index contributed by atoms with van der Waals surface area (Å²) in [5, 5.41) is 5.35. The Kier molecular flexibility index (Phi) is 6.78. The van der Waals surface area contributed by atoms with Crippen molar-refractivity contribution in [2.75, 3.05) is 6.54 Å². The number of carbonyl (C=O) groups is 2. The standard InChI is InChI=1S/C18H29N3O3/c1-17(2,3)14(19)11-20-15(22)18(4,5)21-16(23)24-12-13-9-7-6-8-10-13/h6-10,14H,11-12,19H2,1-5H3,(H,20,22)(H,21,23). The molecule has 1 rings (SSSR count). The monoisotopic (exact) mass is 335 g/mol. The molecule has 0 radical (unpaired) electrons. The second kappa shape index (κ2) is 8.15. The fourth-order valence-electron chi connectivity index (χ4n) is 1.80. The van der Waals surface area contributed by atoms with Crippen molar-refractivity contribution >= 4 is 12.0 Å². The van der Waals surface area contributed by atoms with E-state index in [0.717, 1.165) is 5.56 Å². The van der Waals surface area contributed by atoms with Gasteiger partial charge in [-0.25, -0.2) is 4.79 Å². The van der Waals surface area contributed by atoms with Crippen molar-refractivity contribution in [3.63, 3.8) is 0 Å². The lowest BCUT2D eigenvalue weighted by Crippen LogP contribution is -2.57. The molecule has 4 N–H and O–H groups in total. The summed E-state index contributed by atoms with van der Waals surface area (Å²) in [5.41, 5.74) is 5.71. The highest BCUT2D eigenvalue weighted by Crippen LogP contribution is 2.16. The van der Waals surface area contributed by atoms with Crippen molar-refractivity contribution in [1.29, 1.82) is 0 Å². The van der Waals surface area contributed by atoms with E-state index in [0.29, 0.717) is 6.54 Å². The summed E-state index contributed by atoms with van der Waals surface area (Å²) in [6.07, 6.45) is -0.640. The minimum atomic E-state index is -1.09. The third kappa shape index (κ3) is 6.58. The first kappa shape index (κ1) is 20.0. The van der Waals surface area contributed by atoms with Gasteiger partial charge in [-0.15, -0.1) is 0 Å². The normalized spacial score (nSPS) is 13.1. The topological polar surface area (TPSA) is 93.4 Å². The summed E-state index contributed by atoms with van der Waals surface area (Å²) < 4.78 is 5.14. The maximum atomic E-state index is 12.3. The molecule has 0 saturated carbocycles. The Labute approximate surface area is 144 Å². The molecular formula is C18H29N3O3. The molecule has 0 aliphatic heterocycles. The van der Waals surface area contributed by atoms with Crippen molar-refractivity contribution in [3.8, 4) is 0 Å². The van der Waals surface area contributed by atoms with Crippen LogP contribution in [0.4, 0.5) is 4.79 Å². The smallest absolute Gasteiger partial charge is 0.408 e. The number of ether oxygens (including phenoxy) is 1. The summed E-state index contributed by atoms with van der Waals surface area (Å²) in [4.78, 5) is 24.2. The van der Waals surface area contributed by atoms with Gasteiger partial charge < -0.3 is 21.1 Å². The molecule has 1 aromatic carbocycles. The van der Waals surface area contributed by atoms with Gasteiger partial charge in [0.25, 0.3) is 0 Å². The molecule has 6 heteroatoms. The molecule has 24 heavy (non-hydrogen) atoms. The third-order valence-electron chi connectivity index (χ3n) is 3.79. The molecule has 0 bridgehead atoms. The number of nitrogens with one attached hydrogen (secondary N) is 2. The van der Waals surface area contributed by atoms with Gasteiger partial charge in [-0.2, -0.15) is 0 Å². The van der Waals surface area contributed by atoms with Gasteiger partial charge in [0.2, 0.25) is 5.91 Å². The van der Waals surface area contributed by atoms with Crippen molar-refractivity contribution in [1.82, 2.24) is 10.6 Å². The van der Waals surface area contributed by atoms with E-state index in [-0.39, 0.29) is 24.0 Å². The van der Waals surface area contributed by atoms with Crippen LogP contribution in [0, 0.1) is 5.41 Å². The van der Waals surface area contributed by atoms with E-state index in [1.165, 1.54) is 0 Å². The van der Waals surface area contributed by atoms with Crippen LogP contribution in [0.25, 0.3) is 0 Å². The first-order chi connectivity index (χ1) is 11.0. The molecule has 0 fully saturated rings. The Hall–Kier alpha value is -2.08. The molecule has 134 valence electrons. The minimum absolute atomic E-state index is 0.112. The Morgan fingerprint density at radius 3 is 2.25 bits per heavy atom. The van der Waals surface area contributed by atoms with E-state index in [4.69, 9.17) is 10.5 Å². The first-order valence-electron chi connectivity index (χ1n) is 8.05. The minimum Gasteiger partial charge on any atom is -0.445 e. The van der Waals surface area contributed by atoms with Crippen LogP contribution >= 0.6 is 0 Å². The fourth-order valence-corrected chi connectivity index (χ4v) is 1.80. The summed E-state index contributed by atoms with van der Waals surface area (Å²) >= 11 is 0. The first-order valence-corrected chi connectivity index (χ1v) is 8.05. The molecule has 1 atom stereocenters. The summed E-state index contributed by atoms with van der Waals surface area (Å²) in [6.45, 7) is 9.76. The van der Waals surface area contributed by atoms with Gasteiger partial charge in [0.05, 0.1) is 0 Å². The van der Waals surface area contributed by atoms with E-state index in [1.54, 1.807) is 13.8 Å². The number of benzene rings is 1. The van der Waals surface area contributed by atoms with Crippen molar-refractivity contribution in [2.45, 2.75) is 52.8 Å². The average molecular weight is 335 g/mol. The van der Waals surface area contributed by atoms with Crippen LogP contribution in [0.5, 0.6) is 0 Å². The van der Waals surface area contributed by atoms with E-state index in [2.05, 4.69) is 10.6 Å². The van der Waals surface area contributed by atoms with Gasteiger partial charge in [0.15, 0.2) is 0 Å².